The summed E-state index contributed by atoms with van der Waals surface area (Å²) in [5, 5.41) is 15.6. The number of nitrogens with one attached hydrogen (secondary N) is 2. The minimum absolute atomic E-state index is 0.0424. The molecule has 1 aliphatic rings. The minimum Gasteiger partial charge on any atom is -0.393 e. The predicted octanol–water partition coefficient (Wildman–Crippen LogP) is 1.04. The van der Waals surface area contributed by atoms with Crippen LogP contribution in [-0.2, 0) is 4.79 Å². The van der Waals surface area contributed by atoms with Crippen molar-refractivity contribution < 1.29 is 9.90 Å². The Balaban J connectivity index is 2.54. The van der Waals surface area contributed by atoms with Crippen molar-refractivity contribution in [3.63, 3.8) is 0 Å². The summed E-state index contributed by atoms with van der Waals surface area (Å²) in [4.78, 5) is 12.3. The highest BCUT2D eigenvalue weighted by molar-refractivity contribution is 5.83. The fourth-order valence-electron chi connectivity index (χ4n) is 2.59. The zero-order valence-corrected chi connectivity index (χ0v) is 11.3. The average Bonchev–Trinajstić information content (AvgIpc) is 2.28. The Kier molecular flexibility index (Phi) is 5.40. The summed E-state index contributed by atoms with van der Waals surface area (Å²) in [6, 6.07) is 0.0424. The maximum absolute atomic E-state index is 12.3. The van der Waals surface area contributed by atoms with Gasteiger partial charge in [0.2, 0.25) is 5.91 Å². The zero-order chi connectivity index (χ0) is 12.9. The Hall–Kier alpha value is -0.610. The van der Waals surface area contributed by atoms with E-state index < -0.39 is 0 Å². The van der Waals surface area contributed by atoms with Gasteiger partial charge in [0.05, 0.1) is 11.5 Å². The lowest BCUT2D eigenvalue weighted by atomic mass is 9.75. The van der Waals surface area contributed by atoms with Crippen molar-refractivity contribution in [3.05, 3.63) is 0 Å². The average molecular weight is 242 g/mol. The van der Waals surface area contributed by atoms with E-state index >= 15 is 0 Å². The van der Waals surface area contributed by atoms with E-state index in [4.69, 9.17) is 0 Å². The van der Waals surface area contributed by atoms with E-state index in [0.717, 1.165) is 32.4 Å². The second-order valence-electron chi connectivity index (χ2n) is 5.34. The highest BCUT2D eigenvalue weighted by Gasteiger charge is 2.38. The third kappa shape index (κ3) is 3.96. The van der Waals surface area contributed by atoms with Gasteiger partial charge in [0.25, 0.3) is 0 Å². The normalized spacial score (nSPS) is 22.8. The van der Waals surface area contributed by atoms with E-state index in [1.165, 1.54) is 0 Å². The molecule has 0 bridgehead atoms. The lowest BCUT2D eigenvalue weighted by Gasteiger charge is -2.36. The molecule has 0 saturated carbocycles. The fourth-order valence-corrected chi connectivity index (χ4v) is 2.59. The van der Waals surface area contributed by atoms with Crippen LogP contribution in [0.2, 0.25) is 0 Å². The van der Waals surface area contributed by atoms with Crippen molar-refractivity contribution in [2.75, 3.05) is 13.1 Å². The first-order valence-corrected chi connectivity index (χ1v) is 6.70. The number of piperidine rings is 1. The van der Waals surface area contributed by atoms with Crippen LogP contribution in [0.25, 0.3) is 0 Å². The van der Waals surface area contributed by atoms with Crippen LogP contribution in [0.4, 0.5) is 0 Å². The molecule has 2 atom stereocenters. The summed E-state index contributed by atoms with van der Waals surface area (Å²) in [5.41, 5.74) is -0.196. The standard InChI is InChI=1S/C13H26N2O2/c1-4-13(5-7-14-8-6-13)12(17)15-10(2)9-11(3)16/h10-11,14,16H,4-9H2,1-3H3,(H,15,17). The van der Waals surface area contributed by atoms with Gasteiger partial charge in [-0.05, 0) is 52.6 Å². The first kappa shape index (κ1) is 14.5. The van der Waals surface area contributed by atoms with Crippen LogP contribution in [0.1, 0.15) is 46.5 Å². The van der Waals surface area contributed by atoms with E-state index in [0.29, 0.717) is 6.42 Å². The van der Waals surface area contributed by atoms with Crippen molar-refractivity contribution in [3.8, 4) is 0 Å². The molecule has 2 unspecified atom stereocenters. The van der Waals surface area contributed by atoms with E-state index in [9.17, 15) is 9.90 Å². The molecule has 1 saturated heterocycles. The molecule has 4 heteroatoms. The monoisotopic (exact) mass is 242 g/mol. The quantitative estimate of drug-likeness (QED) is 0.675. The highest BCUT2D eigenvalue weighted by atomic mass is 16.3. The highest BCUT2D eigenvalue weighted by Crippen LogP contribution is 2.32. The molecule has 1 heterocycles. The van der Waals surface area contributed by atoms with Crippen molar-refractivity contribution >= 4 is 5.91 Å². The summed E-state index contributed by atoms with van der Waals surface area (Å²) < 4.78 is 0. The molecule has 1 amide bonds. The molecule has 0 radical (unpaired) electrons. The van der Waals surface area contributed by atoms with Crippen molar-refractivity contribution in [2.24, 2.45) is 5.41 Å². The number of hydrogen-bond acceptors (Lipinski definition) is 3. The van der Waals surface area contributed by atoms with E-state index in [1.807, 2.05) is 6.92 Å². The van der Waals surface area contributed by atoms with Gasteiger partial charge in [-0.15, -0.1) is 0 Å². The Morgan fingerprint density at radius 2 is 2.00 bits per heavy atom. The first-order valence-electron chi connectivity index (χ1n) is 6.70. The second-order valence-corrected chi connectivity index (χ2v) is 5.34. The Labute approximate surface area is 104 Å². The molecule has 1 fully saturated rings. The molecular weight excluding hydrogens is 216 g/mol. The van der Waals surface area contributed by atoms with Gasteiger partial charge in [-0.2, -0.15) is 0 Å². The second kappa shape index (κ2) is 6.36. The molecule has 0 aromatic heterocycles. The van der Waals surface area contributed by atoms with Crippen LogP contribution >= 0.6 is 0 Å². The van der Waals surface area contributed by atoms with Crippen LogP contribution in [0.3, 0.4) is 0 Å². The number of amides is 1. The Morgan fingerprint density at radius 1 is 1.41 bits per heavy atom. The first-order chi connectivity index (χ1) is 8.00. The number of hydrogen-bond donors (Lipinski definition) is 3. The molecule has 0 aromatic carbocycles. The number of aliphatic hydroxyl groups excluding tert-OH is 1. The summed E-state index contributed by atoms with van der Waals surface area (Å²) in [6.45, 7) is 7.64. The van der Waals surface area contributed by atoms with Crippen molar-refractivity contribution in [1.29, 1.82) is 0 Å². The smallest absolute Gasteiger partial charge is 0.226 e. The lowest BCUT2D eigenvalue weighted by Crippen LogP contribution is -2.49. The van der Waals surface area contributed by atoms with E-state index in [-0.39, 0.29) is 23.5 Å². The molecular formula is C13H26N2O2. The van der Waals surface area contributed by atoms with Gasteiger partial charge in [-0.25, -0.2) is 0 Å². The largest absolute Gasteiger partial charge is 0.393 e. The van der Waals surface area contributed by atoms with Gasteiger partial charge in [0, 0.05) is 6.04 Å². The molecule has 100 valence electrons. The molecule has 1 aliphatic heterocycles. The van der Waals surface area contributed by atoms with Gasteiger partial charge in [-0.3, -0.25) is 4.79 Å². The fraction of sp³-hybridized carbons (Fsp3) is 0.923. The van der Waals surface area contributed by atoms with Gasteiger partial charge >= 0.3 is 0 Å². The maximum atomic E-state index is 12.3. The van der Waals surface area contributed by atoms with Gasteiger partial charge < -0.3 is 15.7 Å². The van der Waals surface area contributed by atoms with Crippen molar-refractivity contribution in [1.82, 2.24) is 10.6 Å². The van der Waals surface area contributed by atoms with Gasteiger partial charge in [0.1, 0.15) is 0 Å². The maximum Gasteiger partial charge on any atom is 0.226 e. The van der Waals surface area contributed by atoms with Crippen LogP contribution in [-0.4, -0.2) is 36.2 Å². The number of rotatable bonds is 5. The Bertz CT molecular complexity index is 248. The molecule has 0 aliphatic carbocycles. The topological polar surface area (TPSA) is 61.4 Å². The minimum atomic E-state index is -0.365. The summed E-state index contributed by atoms with van der Waals surface area (Å²) in [6.07, 6.45) is 2.97. The number of aliphatic hydroxyl groups is 1. The molecule has 4 nitrogen and oxygen atoms in total. The predicted molar refractivity (Wildman–Crippen MR) is 68.7 cm³/mol. The van der Waals surface area contributed by atoms with Crippen molar-refractivity contribution in [2.45, 2.75) is 58.6 Å². The Morgan fingerprint density at radius 3 is 2.47 bits per heavy atom. The van der Waals surface area contributed by atoms with E-state index in [2.05, 4.69) is 17.6 Å². The zero-order valence-electron chi connectivity index (χ0n) is 11.3. The summed E-state index contributed by atoms with van der Waals surface area (Å²) >= 11 is 0. The SMILES string of the molecule is CCC1(C(=O)NC(C)CC(C)O)CCNCC1. The van der Waals surface area contributed by atoms with Crippen LogP contribution in [0, 0.1) is 5.41 Å². The van der Waals surface area contributed by atoms with Gasteiger partial charge in [-0.1, -0.05) is 6.92 Å². The van der Waals surface area contributed by atoms with Crippen LogP contribution in [0.5, 0.6) is 0 Å². The molecule has 3 N–H and O–H groups in total. The summed E-state index contributed by atoms with van der Waals surface area (Å²) in [5.74, 6) is 0.162. The lowest BCUT2D eigenvalue weighted by molar-refractivity contribution is -0.133. The number of carbonyl (C=O) groups is 1. The van der Waals surface area contributed by atoms with Crippen LogP contribution in [0.15, 0.2) is 0 Å². The van der Waals surface area contributed by atoms with Gasteiger partial charge in [0.15, 0.2) is 0 Å². The molecule has 17 heavy (non-hydrogen) atoms. The third-order valence-electron chi connectivity index (χ3n) is 3.79. The third-order valence-corrected chi connectivity index (χ3v) is 3.79. The summed E-state index contributed by atoms with van der Waals surface area (Å²) in [7, 11) is 0. The number of carbonyl (C=O) groups excluding carboxylic acids is 1. The molecule has 0 spiro atoms. The molecule has 1 rings (SSSR count). The van der Waals surface area contributed by atoms with Crippen LogP contribution < -0.4 is 10.6 Å². The van der Waals surface area contributed by atoms with E-state index in [1.54, 1.807) is 6.92 Å². The molecule has 0 aromatic rings.